The van der Waals surface area contributed by atoms with Crippen LogP contribution in [0, 0.1) is 16.0 Å². The zero-order chi connectivity index (χ0) is 22.9. The Hall–Kier alpha value is -3.74. The molecule has 1 amide bonds. The maximum Gasteiger partial charge on any atom is 0.269 e. The Balaban J connectivity index is 1.31. The number of non-ortho nitro benzene ring substituents is 1. The van der Waals surface area contributed by atoms with E-state index in [1.165, 1.54) is 29.5 Å². The van der Waals surface area contributed by atoms with Crippen molar-refractivity contribution in [3.8, 4) is 11.3 Å². The Morgan fingerprint density at radius 3 is 2.41 bits per heavy atom. The molecule has 1 fully saturated rings. The van der Waals surface area contributed by atoms with Crippen molar-refractivity contribution in [3.63, 3.8) is 0 Å². The molecule has 1 aliphatic carbocycles. The van der Waals surface area contributed by atoms with Gasteiger partial charge in [-0.3, -0.25) is 14.9 Å². The number of hydrazone groups is 1. The number of carbonyl (C=O) groups excluding carboxylic acids is 1. The molecule has 2 atom stereocenters. The van der Waals surface area contributed by atoms with E-state index in [-0.39, 0.29) is 28.8 Å². The lowest BCUT2D eigenvalue weighted by atomic mass is 9.86. The number of nitrogens with zero attached hydrogens (tertiary/aromatic N) is 2. The van der Waals surface area contributed by atoms with Crippen LogP contribution in [0.2, 0.25) is 0 Å². The minimum absolute atomic E-state index is 0.0216. The molecule has 7 nitrogen and oxygen atoms in total. The third-order valence-electron chi connectivity index (χ3n) is 5.69. The van der Waals surface area contributed by atoms with Gasteiger partial charge < -0.3 is 4.42 Å². The van der Waals surface area contributed by atoms with Crippen LogP contribution in [0.15, 0.2) is 70.2 Å². The maximum atomic E-state index is 12.4. The highest BCUT2D eigenvalue weighted by molar-refractivity contribution is 5.85. The van der Waals surface area contributed by atoms with Gasteiger partial charge in [0.15, 0.2) is 0 Å². The summed E-state index contributed by atoms with van der Waals surface area (Å²) in [6, 6.07) is 18.1. The zero-order valence-corrected chi connectivity index (χ0v) is 18.2. The topological polar surface area (TPSA) is 97.7 Å². The largest absolute Gasteiger partial charge is 0.455 e. The van der Waals surface area contributed by atoms with Crippen molar-refractivity contribution >= 4 is 17.8 Å². The van der Waals surface area contributed by atoms with Crippen LogP contribution in [0.1, 0.15) is 50.0 Å². The molecule has 1 saturated carbocycles. The standard InChI is InChI=1S/C25H25N3O4/c1-25(2,3)18-8-4-16(5-9-18)21-14-22(21)24(29)27-26-15-20-12-13-23(32-20)17-6-10-19(11-7-17)28(30)31/h4-13,15,21-22H,14H2,1-3H3,(H,27,29)/t21-,22+/m0/s1. The molecule has 0 saturated heterocycles. The van der Waals surface area contributed by atoms with Gasteiger partial charge in [0, 0.05) is 23.6 Å². The number of hydrogen-bond donors (Lipinski definition) is 1. The molecule has 0 unspecified atom stereocenters. The Morgan fingerprint density at radius 1 is 1.09 bits per heavy atom. The van der Waals surface area contributed by atoms with E-state index in [9.17, 15) is 14.9 Å². The summed E-state index contributed by atoms with van der Waals surface area (Å²) in [4.78, 5) is 22.7. The number of hydrogen-bond acceptors (Lipinski definition) is 5. The second-order valence-corrected chi connectivity index (χ2v) is 9.06. The number of nitro benzene ring substituents is 1. The molecule has 4 rings (SSSR count). The first-order chi connectivity index (χ1) is 15.2. The minimum atomic E-state index is -0.446. The van der Waals surface area contributed by atoms with Crippen LogP contribution in [0.4, 0.5) is 5.69 Å². The van der Waals surface area contributed by atoms with E-state index in [1.54, 1.807) is 24.3 Å². The third kappa shape index (κ3) is 4.77. The van der Waals surface area contributed by atoms with E-state index in [2.05, 4.69) is 55.6 Å². The fraction of sp³-hybridized carbons (Fsp3) is 0.280. The summed E-state index contributed by atoms with van der Waals surface area (Å²) in [5, 5.41) is 14.8. The maximum absolute atomic E-state index is 12.4. The van der Waals surface area contributed by atoms with Gasteiger partial charge in [-0.1, -0.05) is 45.0 Å². The number of benzene rings is 2. The van der Waals surface area contributed by atoms with Gasteiger partial charge in [-0.25, -0.2) is 5.43 Å². The first-order valence-electron chi connectivity index (χ1n) is 10.5. The molecule has 7 heteroatoms. The number of amides is 1. The van der Waals surface area contributed by atoms with Crippen molar-refractivity contribution in [2.24, 2.45) is 11.0 Å². The minimum Gasteiger partial charge on any atom is -0.455 e. The Bertz CT molecular complexity index is 1160. The number of rotatable bonds is 6. The average molecular weight is 431 g/mol. The van der Waals surface area contributed by atoms with Gasteiger partial charge in [0.25, 0.3) is 5.69 Å². The Morgan fingerprint density at radius 2 is 1.78 bits per heavy atom. The molecule has 1 aliphatic rings. The summed E-state index contributed by atoms with van der Waals surface area (Å²) in [5.41, 5.74) is 5.90. The zero-order valence-electron chi connectivity index (χ0n) is 18.2. The lowest BCUT2D eigenvalue weighted by Gasteiger charge is -2.19. The quantitative estimate of drug-likeness (QED) is 0.321. The molecule has 1 aromatic heterocycles. The van der Waals surface area contributed by atoms with E-state index in [4.69, 9.17) is 4.42 Å². The van der Waals surface area contributed by atoms with E-state index < -0.39 is 4.92 Å². The van der Waals surface area contributed by atoms with Crippen LogP contribution in [0.3, 0.4) is 0 Å². The van der Waals surface area contributed by atoms with Crippen LogP contribution < -0.4 is 5.43 Å². The van der Waals surface area contributed by atoms with Gasteiger partial charge in [0.2, 0.25) is 5.91 Å². The number of nitrogens with one attached hydrogen (secondary N) is 1. The average Bonchev–Trinajstić information content (AvgIpc) is 3.44. The predicted molar refractivity (Wildman–Crippen MR) is 123 cm³/mol. The molecule has 0 radical (unpaired) electrons. The lowest BCUT2D eigenvalue weighted by Crippen LogP contribution is -2.20. The molecular formula is C25H25N3O4. The summed E-state index contributed by atoms with van der Waals surface area (Å²) < 4.78 is 5.69. The molecule has 2 aromatic carbocycles. The Kier molecular flexibility index (Phi) is 5.65. The van der Waals surface area contributed by atoms with Crippen LogP contribution in [0.25, 0.3) is 11.3 Å². The second kappa shape index (κ2) is 8.42. The molecule has 3 aromatic rings. The van der Waals surface area contributed by atoms with Crippen molar-refractivity contribution in [3.05, 3.63) is 87.7 Å². The number of carbonyl (C=O) groups is 1. The predicted octanol–water partition coefficient (Wildman–Crippen LogP) is 5.41. The molecule has 0 aliphatic heterocycles. The summed E-state index contributed by atoms with van der Waals surface area (Å²) in [7, 11) is 0. The highest BCUT2D eigenvalue weighted by Crippen LogP contribution is 2.47. The van der Waals surface area contributed by atoms with Crippen LogP contribution in [0.5, 0.6) is 0 Å². The molecule has 0 spiro atoms. The van der Waals surface area contributed by atoms with E-state index >= 15 is 0 Å². The van der Waals surface area contributed by atoms with E-state index in [0.717, 1.165) is 12.0 Å². The summed E-state index contributed by atoms with van der Waals surface area (Å²) in [6.45, 7) is 6.55. The van der Waals surface area contributed by atoms with Crippen molar-refractivity contribution in [2.45, 2.75) is 38.5 Å². The second-order valence-electron chi connectivity index (χ2n) is 9.06. The normalized spacial score (nSPS) is 18.0. The SMILES string of the molecule is CC(C)(C)c1ccc([C@@H]2C[C@H]2C(=O)NN=Cc2ccc(-c3ccc([N+](=O)[O-])cc3)o2)cc1. The molecule has 1 heterocycles. The van der Waals surface area contributed by atoms with Crippen molar-refractivity contribution in [1.29, 1.82) is 0 Å². The molecular weight excluding hydrogens is 406 g/mol. The van der Waals surface area contributed by atoms with Gasteiger partial charge in [-0.05, 0) is 53.1 Å². The fourth-order valence-corrected chi connectivity index (χ4v) is 3.65. The molecule has 0 bridgehead atoms. The van der Waals surface area contributed by atoms with Gasteiger partial charge in [-0.2, -0.15) is 5.10 Å². The number of nitro groups is 1. The summed E-state index contributed by atoms with van der Waals surface area (Å²) >= 11 is 0. The van der Waals surface area contributed by atoms with Gasteiger partial charge >= 0.3 is 0 Å². The van der Waals surface area contributed by atoms with E-state index in [1.807, 2.05) is 0 Å². The molecule has 1 N–H and O–H groups in total. The third-order valence-corrected chi connectivity index (χ3v) is 5.69. The highest BCUT2D eigenvalue weighted by Gasteiger charge is 2.44. The molecule has 164 valence electrons. The smallest absolute Gasteiger partial charge is 0.269 e. The van der Waals surface area contributed by atoms with Crippen LogP contribution >= 0.6 is 0 Å². The van der Waals surface area contributed by atoms with Crippen molar-refractivity contribution < 1.29 is 14.1 Å². The highest BCUT2D eigenvalue weighted by atomic mass is 16.6. The summed E-state index contributed by atoms with van der Waals surface area (Å²) in [5.74, 6) is 1.10. The first kappa shape index (κ1) is 21.5. The van der Waals surface area contributed by atoms with Crippen LogP contribution in [-0.2, 0) is 10.2 Å². The molecule has 32 heavy (non-hydrogen) atoms. The van der Waals surface area contributed by atoms with E-state index in [0.29, 0.717) is 11.5 Å². The summed E-state index contributed by atoms with van der Waals surface area (Å²) in [6.07, 6.45) is 2.27. The first-order valence-corrected chi connectivity index (χ1v) is 10.5. The van der Waals surface area contributed by atoms with Gasteiger partial charge in [0.05, 0.1) is 11.1 Å². The fourth-order valence-electron chi connectivity index (χ4n) is 3.65. The monoisotopic (exact) mass is 431 g/mol. The van der Waals surface area contributed by atoms with Crippen LogP contribution in [-0.4, -0.2) is 17.0 Å². The van der Waals surface area contributed by atoms with Crippen molar-refractivity contribution in [1.82, 2.24) is 5.43 Å². The Labute approximate surface area is 186 Å². The lowest BCUT2D eigenvalue weighted by molar-refractivity contribution is -0.384. The van der Waals surface area contributed by atoms with Gasteiger partial charge in [-0.15, -0.1) is 0 Å². The number of furan rings is 1. The van der Waals surface area contributed by atoms with Gasteiger partial charge in [0.1, 0.15) is 11.5 Å². The van der Waals surface area contributed by atoms with Crippen molar-refractivity contribution in [2.75, 3.05) is 0 Å².